The molecule has 1 N–H and O–H groups in total. The predicted octanol–water partition coefficient (Wildman–Crippen LogP) is 0.779. The van der Waals surface area contributed by atoms with Crippen molar-refractivity contribution in [1.29, 1.82) is 0 Å². The van der Waals surface area contributed by atoms with E-state index in [1.165, 1.54) is 7.11 Å². The zero-order valence-electron chi connectivity index (χ0n) is 6.94. The molecule has 2 aromatic rings. The topological polar surface area (TPSA) is 67.9 Å². The molecule has 0 aliphatic rings. The van der Waals surface area contributed by atoms with Crippen LogP contribution < -0.4 is 4.74 Å². The number of ether oxygens (including phenoxy) is 1. The number of rotatable bonds is 2. The lowest BCUT2D eigenvalue weighted by atomic mass is 10.3. The van der Waals surface area contributed by atoms with Crippen molar-refractivity contribution in [2.75, 3.05) is 7.11 Å². The fourth-order valence-corrected chi connectivity index (χ4v) is 1.10. The summed E-state index contributed by atoms with van der Waals surface area (Å²) in [4.78, 5) is 21.4. The van der Waals surface area contributed by atoms with Crippen molar-refractivity contribution in [2.24, 2.45) is 0 Å². The summed E-state index contributed by atoms with van der Waals surface area (Å²) in [6, 6.07) is 0.259. The van der Waals surface area contributed by atoms with E-state index >= 15 is 0 Å². The number of aldehydes is 1. The maximum atomic E-state index is 10.6. The number of aromatic nitrogens is 3. The molecule has 66 valence electrons. The highest BCUT2D eigenvalue weighted by Gasteiger charge is 2.05. The molecular formula is C8H7N3O2. The highest BCUT2D eigenvalue weighted by Crippen LogP contribution is 2.15. The molecule has 0 aliphatic carbocycles. The van der Waals surface area contributed by atoms with Crippen molar-refractivity contribution in [3.8, 4) is 6.01 Å². The lowest BCUT2D eigenvalue weighted by Gasteiger charge is -1.95. The van der Waals surface area contributed by atoms with Crippen molar-refractivity contribution in [3.63, 3.8) is 0 Å². The molecule has 0 saturated heterocycles. The molecule has 13 heavy (non-hydrogen) atoms. The molecular weight excluding hydrogens is 170 g/mol. The van der Waals surface area contributed by atoms with Crippen LogP contribution in [-0.2, 0) is 0 Å². The second kappa shape index (κ2) is 2.85. The molecule has 0 aromatic carbocycles. The minimum absolute atomic E-state index is 0.259. The van der Waals surface area contributed by atoms with Crippen molar-refractivity contribution in [2.45, 2.75) is 0 Å². The first kappa shape index (κ1) is 7.72. The van der Waals surface area contributed by atoms with Gasteiger partial charge in [0.05, 0.1) is 24.4 Å². The highest BCUT2D eigenvalue weighted by molar-refractivity contribution is 5.94. The molecule has 0 atom stereocenters. The van der Waals surface area contributed by atoms with Gasteiger partial charge in [0.15, 0.2) is 6.29 Å². The van der Waals surface area contributed by atoms with Crippen molar-refractivity contribution < 1.29 is 9.53 Å². The predicted molar refractivity (Wildman–Crippen MR) is 45.8 cm³/mol. The van der Waals surface area contributed by atoms with E-state index in [9.17, 15) is 4.79 Å². The lowest BCUT2D eigenvalue weighted by Crippen LogP contribution is -1.91. The van der Waals surface area contributed by atoms with E-state index in [-0.39, 0.29) is 6.01 Å². The third kappa shape index (κ3) is 1.14. The molecule has 0 saturated carbocycles. The number of hydrogen-bond donors (Lipinski definition) is 1. The Kier molecular flexibility index (Phi) is 1.70. The van der Waals surface area contributed by atoms with Crippen LogP contribution in [0.4, 0.5) is 0 Å². The van der Waals surface area contributed by atoms with E-state index in [0.29, 0.717) is 11.1 Å². The number of carbonyl (C=O) groups is 1. The number of methoxy groups -OCH3 is 1. The Bertz CT molecular complexity index is 450. The summed E-state index contributed by atoms with van der Waals surface area (Å²) in [5, 5.41) is 0. The first-order valence-corrected chi connectivity index (χ1v) is 3.68. The summed E-state index contributed by atoms with van der Waals surface area (Å²) in [5.74, 6) is 0. The number of nitrogens with zero attached hydrogens (tertiary/aromatic N) is 2. The average molecular weight is 177 g/mol. The van der Waals surface area contributed by atoms with Crippen LogP contribution in [0.5, 0.6) is 6.01 Å². The molecule has 2 rings (SSSR count). The number of fused-ring (bicyclic) bond motifs is 1. The summed E-state index contributed by atoms with van der Waals surface area (Å²) >= 11 is 0. The Morgan fingerprint density at radius 2 is 2.46 bits per heavy atom. The van der Waals surface area contributed by atoms with Crippen molar-refractivity contribution in [1.82, 2.24) is 15.0 Å². The minimum atomic E-state index is 0.259. The van der Waals surface area contributed by atoms with Crippen LogP contribution in [0, 0.1) is 0 Å². The van der Waals surface area contributed by atoms with Gasteiger partial charge in [-0.2, -0.15) is 4.98 Å². The van der Waals surface area contributed by atoms with Gasteiger partial charge in [-0.3, -0.25) is 4.79 Å². The standard InChI is InChI=1S/C8H7N3O2/c1-13-8-10-3-6-7(11-8)5(4-12)2-9-6/h2-4,9H,1H3. The average Bonchev–Trinajstić information content (AvgIpc) is 2.59. The molecule has 0 fully saturated rings. The zero-order valence-corrected chi connectivity index (χ0v) is 6.94. The summed E-state index contributed by atoms with van der Waals surface area (Å²) in [7, 11) is 1.48. The van der Waals surface area contributed by atoms with Crippen LogP contribution in [-0.4, -0.2) is 28.3 Å². The number of aromatic amines is 1. The number of carbonyl (C=O) groups excluding carboxylic acids is 1. The van der Waals surface area contributed by atoms with Gasteiger partial charge in [-0.1, -0.05) is 0 Å². The molecule has 0 unspecified atom stereocenters. The Labute approximate surface area is 73.8 Å². The number of H-pyrrole nitrogens is 1. The summed E-state index contributed by atoms with van der Waals surface area (Å²) in [6.45, 7) is 0. The van der Waals surface area contributed by atoms with Crippen LogP contribution in [0.15, 0.2) is 12.4 Å². The smallest absolute Gasteiger partial charge is 0.316 e. The Morgan fingerprint density at radius 1 is 1.62 bits per heavy atom. The van der Waals surface area contributed by atoms with E-state index < -0.39 is 0 Å². The van der Waals surface area contributed by atoms with Gasteiger partial charge in [-0.15, -0.1) is 0 Å². The van der Waals surface area contributed by atoms with Crippen LogP contribution in [0.1, 0.15) is 10.4 Å². The third-order valence-electron chi connectivity index (χ3n) is 1.73. The summed E-state index contributed by atoms with van der Waals surface area (Å²) in [6.07, 6.45) is 3.91. The van der Waals surface area contributed by atoms with Gasteiger partial charge in [0, 0.05) is 6.20 Å². The molecule has 2 heterocycles. The summed E-state index contributed by atoms with van der Waals surface area (Å²) in [5.41, 5.74) is 1.82. The Morgan fingerprint density at radius 3 is 3.15 bits per heavy atom. The first-order chi connectivity index (χ1) is 6.35. The van der Waals surface area contributed by atoms with Gasteiger partial charge < -0.3 is 9.72 Å². The number of hydrogen-bond acceptors (Lipinski definition) is 4. The first-order valence-electron chi connectivity index (χ1n) is 3.68. The van der Waals surface area contributed by atoms with Gasteiger partial charge in [0.1, 0.15) is 5.52 Å². The van der Waals surface area contributed by atoms with E-state index in [1.54, 1.807) is 12.4 Å². The molecule has 0 amide bonds. The number of nitrogens with one attached hydrogen (secondary N) is 1. The quantitative estimate of drug-likeness (QED) is 0.688. The second-order valence-electron chi connectivity index (χ2n) is 2.48. The molecule has 0 aliphatic heterocycles. The van der Waals surface area contributed by atoms with Crippen molar-refractivity contribution >= 4 is 17.3 Å². The second-order valence-corrected chi connectivity index (χ2v) is 2.48. The highest BCUT2D eigenvalue weighted by atomic mass is 16.5. The minimum Gasteiger partial charge on any atom is -0.467 e. The summed E-state index contributed by atoms with van der Waals surface area (Å²) < 4.78 is 4.84. The zero-order chi connectivity index (χ0) is 9.26. The van der Waals surface area contributed by atoms with Crippen LogP contribution in [0.25, 0.3) is 11.0 Å². The Balaban J connectivity index is 2.71. The molecule has 0 radical (unpaired) electrons. The molecule has 0 spiro atoms. The van der Waals surface area contributed by atoms with E-state index in [4.69, 9.17) is 4.74 Å². The van der Waals surface area contributed by atoms with Crippen LogP contribution >= 0.6 is 0 Å². The fourth-order valence-electron chi connectivity index (χ4n) is 1.10. The van der Waals surface area contributed by atoms with Gasteiger partial charge in [0.25, 0.3) is 0 Å². The van der Waals surface area contributed by atoms with Gasteiger partial charge >= 0.3 is 6.01 Å². The van der Waals surface area contributed by atoms with Gasteiger partial charge in [-0.05, 0) is 0 Å². The third-order valence-corrected chi connectivity index (χ3v) is 1.73. The SMILES string of the molecule is COc1ncc2[nH]cc(C=O)c2n1. The van der Waals surface area contributed by atoms with Crippen molar-refractivity contribution in [3.05, 3.63) is 18.0 Å². The van der Waals surface area contributed by atoms with Crippen LogP contribution in [0.3, 0.4) is 0 Å². The maximum absolute atomic E-state index is 10.6. The largest absolute Gasteiger partial charge is 0.467 e. The molecule has 5 heteroatoms. The van der Waals surface area contributed by atoms with E-state index in [1.807, 2.05) is 0 Å². The fraction of sp³-hybridized carbons (Fsp3) is 0.125. The molecule has 2 aromatic heterocycles. The monoisotopic (exact) mass is 177 g/mol. The van der Waals surface area contributed by atoms with E-state index in [2.05, 4.69) is 15.0 Å². The lowest BCUT2D eigenvalue weighted by molar-refractivity contribution is 0.112. The normalized spacial score (nSPS) is 10.2. The van der Waals surface area contributed by atoms with Gasteiger partial charge in [0.2, 0.25) is 0 Å². The van der Waals surface area contributed by atoms with Crippen LogP contribution in [0.2, 0.25) is 0 Å². The maximum Gasteiger partial charge on any atom is 0.316 e. The van der Waals surface area contributed by atoms with E-state index in [0.717, 1.165) is 11.8 Å². The Hall–Kier alpha value is -1.91. The van der Waals surface area contributed by atoms with Gasteiger partial charge in [-0.25, -0.2) is 4.98 Å². The molecule has 0 bridgehead atoms. The molecule has 5 nitrogen and oxygen atoms in total.